The number of aliphatic carboxylic acids is 1. The Hall–Kier alpha value is -1.82. The zero-order valence-electron chi connectivity index (χ0n) is 11.6. The van der Waals surface area contributed by atoms with Gasteiger partial charge in [-0.3, -0.25) is 9.59 Å². The standard InChI is InChI=1S/C14H20N2O4/c1-15-7-2-5-12(15)14(19)16(8-6-13(17)18)10-11-4-3-9-20-11/h2,5,7,11H,3-4,6,8-10H2,1H3,(H,17,18). The van der Waals surface area contributed by atoms with Crippen LogP contribution in [0.2, 0.25) is 0 Å². The number of carboxylic acid groups (broad SMARTS) is 1. The molecule has 110 valence electrons. The van der Waals surface area contributed by atoms with Crippen LogP contribution in [0.4, 0.5) is 0 Å². The fraction of sp³-hybridized carbons (Fsp3) is 0.571. The van der Waals surface area contributed by atoms with Crippen molar-refractivity contribution in [2.45, 2.75) is 25.4 Å². The number of aromatic nitrogens is 1. The maximum absolute atomic E-state index is 12.5. The van der Waals surface area contributed by atoms with E-state index in [1.807, 2.05) is 0 Å². The molecule has 0 radical (unpaired) electrons. The molecule has 6 nitrogen and oxygen atoms in total. The minimum atomic E-state index is -0.901. The number of carbonyl (C=O) groups excluding carboxylic acids is 1. The molecule has 20 heavy (non-hydrogen) atoms. The van der Waals surface area contributed by atoms with Gasteiger partial charge in [-0.15, -0.1) is 0 Å². The Balaban J connectivity index is 2.05. The smallest absolute Gasteiger partial charge is 0.305 e. The molecule has 1 aliphatic heterocycles. The van der Waals surface area contributed by atoms with E-state index < -0.39 is 5.97 Å². The Morgan fingerprint density at radius 2 is 2.35 bits per heavy atom. The molecule has 1 aliphatic rings. The molecule has 1 amide bonds. The lowest BCUT2D eigenvalue weighted by Gasteiger charge is -2.25. The van der Waals surface area contributed by atoms with Gasteiger partial charge >= 0.3 is 5.97 Å². The number of amides is 1. The van der Waals surface area contributed by atoms with Crippen LogP contribution in [0.1, 0.15) is 29.8 Å². The van der Waals surface area contributed by atoms with Gasteiger partial charge in [0, 0.05) is 32.9 Å². The van der Waals surface area contributed by atoms with Crippen molar-refractivity contribution in [1.29, 1.82) is 0 Å². The molecule has 1 saturated heterocycles. The van der Waals surface area contributed by atoms with Crippen LogP contribution in [0.25, 0.3) is 0 Å². The van der Waals surface area contributed by atoms with Crippen LogP contribution in [-0.4, -0.2) is 52.3 Å². The van der Waals surface area contributed by atoms with E-state index in [4.69, 9.17) is 9.84 Å². The largest absolute Gasteiger partial charge is 0.481 e. The summed E-state index contributed by atoms with van der Waals surface area (Å²) in [6.07, 6.45) is 3.69. The minimum Gasteiger partial charge on any atom is -0.481 e. The van der Waals surface area contributed by atoms with Gasteiger partial charge < -0.3 is 19.3 Å². The van der Waals surface area contributed by atoms with E-state index in [9.17, 15) is 9.59 Å². The van der Waals surface area contributed by atoms with Crippen LogP contribution in [0.5, 0.6) is 0 Å². The van der Waals surface area contributed by atoms with Crippen molar-refractivity contribution in [2.24, 2.45) is 7.05 Å². The van der Waals surface area contributed by atoms with Crippen molar-refractivity contribution >= 4 is 11.9 Å². The number of carbonyl (C=O) groups is 2. The van der Waals surface area contributed by atoms with E-state index in [2.05, 4.69) is 0 Å². The molecule has 1 atom stereocenters. The van der Waals surface area contributed by atoms with Crippen LogP contribution in [0.15, 0.2) is 18.3 Å². The summed E-state index contributed by atoms with van der Waals surface area (Å²) in [5, 5.41) is 8.82. The first kappa shape index (κ1) is 14.6. The molecule has 0 bridgehead atoms. The molecular formula is C14H20N2O4. The fourth-order valence-corrected chi connectivity index (χ4v) is 2.39. The van der Waals surface area contributed by atoms with Gasteiger partial charge in [-0.25, -0.2) is 0 Å². The van der Waals surface area contributed by atoms with Gasteiger partial charge in [0.2, 0.25) is 0 Å². The van der Waals surface area contributed by atoms with Crippen LogP contribution in [0, 0.1) is 0 Å². The predicted molar refractivity (Wildman–Crippen MR) is 72.5 cm³/mol. The van der Waals surface area contributed by atoms with Gasteiger partial charge in [-0.2, -0.15) is 0 Å². The molecular weight excluding hydrogens is 260 g/mol. The molecule has 2 heterocycles. The van der Waals surface area contributed by atoms with Gasteiger partial charge in [0.05, 0.1) is 12.5 Å². The molecule has 2 rings (SSSR count). The molecule has 1 N–H and O–H groups in total. The van der Waals surface area contributed by atoms with E-state index in [1.165, 1.54) is 0 Å². The highest BCUT2D eigenvalue weighted by Gasteiger charge is 2.24. The molecule has 1 unspecified atom stereocenters. The summed E-state index contributed by atoms with van der Waals surface area (Å²) in [7, 11) is 1.80. The summed E-state index contributed by atoms with van der Waals surface area (Å²) < 4.78 is 7.28. The number of hydrogen-bond acceptors (Lipinski definition) is 3. The third kappa shape index (κ3) is 3.60. The maximum atomic E-state index is 12.5. The van der Waals surface area contributed by atoms with Crippen LogP contribution >= 0.6 is 0 Å². The zero-order chi connectivity index (χ0) is 14.5. The third-order valence-corrected chi connectivity index (χ3v) is 3.49. The van der Waals surface area contributed by atoms with Crippen LogP contribution < -0.4 is 0 Å². The van der Waals surface area contributed by atoms with Gasteiger partial charge in [0.15, 0.2) is 0 Å². The molecule has 0 aliphatic carbocycles. The zero-order valence-corrected chi connectivity index (χ0v) is 11.6. The van der Waals surface area contributed by atoms with Crippen LogP contribution in [-0.2, 0) is 16.6 Å². The topological polar surface area (TPSA) is 71.8 Å². The highest BCUT2D eigenvalue weighted by molar-refractivity contribution is 5.93. The number of rotatable bonds is 6. The lowest BCUT2D eigenvalue weighted by Crippen LogP contribution is -2.39. The number of nitrogens with zero attached hydrogens (tertiary/aromatic N) is 2. The Morgan fingerprint density at radius 1 is 1.55 bits per heavy atom. The highest BCUT2D eigenvalue weighted by atomic mass is 16.5. The molecule has 1 aromatic heterocycles. The highest BCUT2D eigenvalue weighted by Crippen LogP contribution is 2.15. The van der Waals surface area contributed by atoms with E-state index in [0.29, 0.717) is 12.2 Å². The second kappa shape index (κ2) is 6.56. The average molecular weight is 280 g/mol. The maximum Gasteiger partial charge on any atom is 0.305 e. The number of carboxylic acids is 1. The number of ether oxygens (including phenoxy) is 1. The lowest BCUT2D eigenvalue weighted by molar-refractivity contribution is -0.137. The summed E-state index contributed by atoms with van der Waals surface area (Å²) in [5.74, 6) is -1.05. The van der Waals surface area contributed by atoms with Crippen molar-refractivity contribution in [3.8, 4) is 0 Å². The van der Waals surface area contributed by atoms with E-state index in [-0.39, 0.29) is 25.0 Å². The molecule has 0 spiro atoms. The van der Waals surface area contributed by atoms with E-state index in [1.54, 1.807) is 34.8 Å². The number of hydrogen-bond donors (Lipinski definition) is 1. The van der Waals surface area contributed by atoms with Crippen LogP contribution in [0.3, 0.4) is 0 Å². The van der Waals surface area contributed by atoms with Crippen molar-refractivity contribution in [3.05, 3.63) is 24.0 Å². The van der Waals surface area contributed by atoms with Gasteiger partial charge in [-0.1, -0.05) is 0 Å². The Bertz CT molecular complexity index is 477. The fourth-order valence-electron chi connectivity index (χ4n) is 2.39. The molecule has 1 aromatic rings. The summed E-state index contributed by atoms with van der Waals surface area (Å²) >= 11 is 0. The Morgan fingerprint density at radius 3 is 2.90 bits per heavy atom. The SMILES string of the molecule is Cn1cccc1C(=O)N(CCC(=O)O)CC1CCCO1. The first-order chi connectivity index (χ1) is 9.58. The van der Waals surface area contributed by atoms with E-state index >= 15 is 0 Å². The van der Waals surface area contributed by atoms with E-state index in [0.717, 1.165) is 19.4 Å². The second-order valence-electron chi connectivity index (χ2n) is 5.03. The summed E-state index contributed by atoms with van der Waals surface area (Å²) in [6.45, 7) is 1.38. The number of aryl methyl sites for hydroxylation is 1. The monoisotopic (exact) mass is 280 g/mol. The Kier molecular flexibility index (Phi) is 4.79. The normalized spacial score (nSPS) is 18.1. The van der Waals surface area contributed by atoms with Gasteiger partial charge in [0.1, 0.15) is 5.69 Å². The first-order valence-corrected chi connectivity index (χ1v) is 6.82. The lowest BCUT2D eigenvalue weighted by atomic mass is 10.2. The predicted octanol–water partition coefficient (Wildman–Crippen LogP) is 1.12. The van der Waals surface area contributed by atoms with Crippen molar-refractivity contribution < 1.29 is 19.4 Å². The van der Waals surface area contributed by atoms with Crippen molar-refractivity contribution in [1.82, 2.24) is 9.47 Å². The summed E-state index contributed by atoms with van der Waals surface area (Å²) in [4.78, 5) is 24.8. The molecule has 0 aromatic carbocycles. The minimum absolute atomic E-state index is 0.0213. The van der Waals surface area contributed by atoms with Gasteiger partial charge in [0.25, 0.3) is 5.91 Å². The molecule has 6 heteroatoms. The quantitative estimate of drug-likeness (QED) is 0.847. The first-order valence-electron chi connectivity index (χ1n) is 6.82. The van der Waals surface area contributed by atoms with Crippen molar-refractivity contribution in [2.75, 3.05) is 19.7 Å². The van der Waals surface area contributed by atoms with Crippen molar-refractivity contribution in [3.63, 3.8) is 0 Å². The summed E-state index contributed by atoms with van der Waals surface area (Å²) in [6, 6.07) is 3.54. The molecule has 0 saturated carbocycles. The van der Waals surface area contributed by atoms with Gasteiger partial charge in [-0.05, 0) is 25.0 Å². The Labute approximate surface area is 117 Å². The second-order valence-corrected chi connectivity index (χ2v) is 5.03. The average Bonchev–Trinajstić information content (AvgIpc) is 3.04. The molecule has 1 fully saturated rings. The third-order valence-electron chi connectivity index (χ3n) is 3.49. The summed E-state index contributed by atoms with van der Waals surface area (Å²) in [5.41, 5.74) is 0.563.